The highest BCUT2D eigenvalue weighted by molar-refractivity contribution is 7.16. The molecule has 1 aliphatic heterocycles. The van der Waals surface area contributed by atoms with E-state index < -0.39 is 5.60 Å². The number of amides is 1. The number of hydrogen-bond acceptors (Lipinski definition) is 9. The molecule has 10 heteroatoms. The van der Waals surface area contributed by atoms with Crippen LogP contribution in [0.2, 0.25) is 0 Å². The summed E-state index contributed by atoms with van der Waals surface area (Å²) in [5, 5.41) is 16.0. The second kappa shape index (κ2) is 9.26. The molecule has 0 radical (unpaired) electrons. The Morgan fingerprint density at radius 3 is 2.67 bits per heavy atom. The summed E-state index contributed by atoms with van der Waals surface area (Å²) in [5.41, 5.74) is -0.471. The summed E-state index contributed by atoms with van der Waals surface area (Å²) in [6, 6.07) is 3.90. The predicted octanol–water partition coefficient (Wildman–Crippen LogP) is 3.92. The molecule has 2 N–H and O–H groups in total. The van der Waals surface area contributed by atoms with Crippen LogP contribution in [0.15, 0.2) is 12.3 Å². The monoisotopic (exact) mass is 429 g/mol. The summed E-state index contributed by atoms with van der Waals surface area (Å²) >= 11 is 1.27. The standard InChI is InChI=1S/C20H27N7O2S/c1-13-24-16(9-17(25-13)26-18-23-12-15(10-21)30-18)22-11-14-5-7-27(8-6-14)19(28)29-20(2,3)4/h9,12,14H,5-8,11H2,1-4H3,(H2,22,23,24,25,26). The lowest BCUT2D eigenvalue weighted by atomic mass is 9.97. The lowest BCUT2D eigenvalue weighted by Gasteiger charge is -2.33. The van der Waals surface area contributed by atoms with Crippen LogP contribution < -0.4 is 10.6 Å². The van der Waals surface area contributed by atoms with Gasteiger partial charge in [-0.25, -0.2) is 19.7 Å². The maximum Gasteiger partial charge on any atom is 0.410 e. The maximum atomic E-state index is 12.2. The van der Waals surface area contributed by atoms with Crippen LogP contribution in [-0.4, -0.2) is 51.2 Å². The van der Waals surface area contributed by atoms with Crippen molar-refractivity contribution in [3.05, 3.63) is 23.0 Å². The molecule has 3 heterocycles. The first-order valence-electron chi connectivity index (χ1n) is 9.92. The van der Waals surface area contributed by atoms with Crippen molar-refractivity contribution in [2.24, 2.45) is 5.92 Å². The molecule has 1 fully saturated rings. The number of piperidine rings is 1. The molecule has 3 rings (SSSR count). The summed E-state index contributed by atoms with van der Waals surface area (Å²) < 4.78 is 5.45. The van der Waals surface area contributed by atoms with Gasteiger partial charge in [-0.15, -0.1) is 0 Å². The molecule has 9 nitrogen and oxygen atoms in total. The molecule has 1 saturated heterocycles. The molecule has 30 heavy (non-hydrogen) atoms. The zero-order chi connectivity index (χ0) is 21.7. The summed E-state index contributed by atoms with van der Waals surface area (Å²) in [4.78, 5) is 27.5. The van der Waals surface area contributed by atoms with E-state index in [1.54, 1.807) is 4.90 Å². The van der Waals surface area contributed by atoms with Crippen LogP contribution in [-0.2, 0) is 4.74 Å². The average Bonchev–Trinajstić information content (AvgIpc) is 3.12. The number of aryl methyl sites for hydroxylation is 1. The van der Waals surface area contributed by atoms with E-state index in [1.165, 1.54) is 17.5 Å². The second-order valence-electron chi connectivity index (χ2n) is 8.24. The van der Waals surface area contributed by atoms with Gasteiger partial charge >= 0.3 is 6.09 Å². The van der Waals surface area contributed by atoms with Gasteiger partial charge in [-0.2, -0.15) is 5.26 Å². The highest BCUT2D eigenvalue weighted by atomic mass is 32.1. The fourth-order valence-electron chi connectivity index (χ4n) is 3.11. The van der Waals surface area contributed by atoms with Gasteiger partial charge in [-0.3, -0.25) is 0 Å². The van der Waals surface area contributed by atoms with Gasteiger partial charge in [0.2, 0.25) is 0 Å². The minimum absolute atomic E-state index is 0.238. The number of nitrogens with zero attached hydrogens (tertiary/aromatic N) is 5. The van der Waals surface area contributed by atoms with Crippen LogP contribution in [0.1, 0.15) is 44.3 Å². The summed E-state index contributed by atoms with van der Waals surface area (Å²) in [5.74, 6) is 2.45. The summed E-state index contributed by atoms with van der Waals surface area (Å²) in [7, 11) is 0. The number of likely N-dealkylation sites (tertiary alicyclic amines) is 1. The molecule has 0 atom stereocenters. The number of nitrogens with one attached hydrogen (secondary N) is 2. The topological polar surface area (TPSA) is 116 Å². The van der Waals surface area contributed by atoms with Crippen molar-refractivity contribution in [3.63, 3.8) is 0 Å². The third kappa shape index (κ3) is 6.29. The lowest BCUT2D eigenvalue weighted by molar-refractivity contribution is 0.0188. The minimum atomic E-state index is -0.471. The SMILES string of the molecule is Cc1nc(NCC2CCN(C(=O)OC(C)(C)C)CC2)cc(Nc2ncc(C#N)s2)n1. The number of aromatic nitrogens is 3. The molecule has 2 aromatic heterocycles. The number of nitriles is 1. The second-order valence-corrected chi connectivity index (χ2v) is 9.27. The Morgan fingerprint density at radius 1 is 1.33 bits per heavy atom. The average molecular weight is 430 g/mol. The molecule has 0 aromatic carbocycles. The molecule has 0 aliphatic carbocycles. The zero-order valence-corrected chi connectivity index (χ0v) is 18.5. The summed E-state index contributed by atoms with van der Waals surface area (Å²) in [6.07, 6.45) is 3.12. The normalized spacial score (nSPS) is 14.8. The molecule has 0 bridgehead atoms. The fourth-order valence-corrected chi connectivity index (χ4v) is 3.73. The van der Waals surface area contributed by atoms with Gasteiger partial charge in [0.05, 0.1) is 6.20 Å². The number of carbonyl (C=O) groups is 1. The highest BCUT2D eigenvalue weighted by Gasteiger charge is 2.26. The van der Waals surface area contributed by atoms with E-state index in [4.69, 9.17) is 10.00 Å². The molecule has 1 amide bonds. The number of carbonyl (C=O) groups excluding carboxylic acids is 1. The fraction of sp³-hybridized carbons (Fsp3) is 0.550. The largest absolute Gasteiger partial charge is 0.444 e. The molecule has 2 aromatic rings. The predicted molar refractivity (Wildman–Crippen MR) is 116 cm³/mol. The minimum Gasteiger partial charge on any atom is -0.444 e. The Morgan fingerprint density at radius 2 is 2.03 bits per heavy atom. The number of hydrogen-bond donors (Lipinski definition) is 2. The number of thiazole rings is 1. The van der Waals surface area contributed by atoms with Gasteiger partial charge in [-0.05, 0) is 46.5 Å². The Hall–Kier alpha value is -2.93. The Kier molecular flexibility index (Phi) is 6.72. The molecule has 0 unspecified atom stereocenters. The quantitative estimate of drug-likeness (QED) is 0.735. The van der Waals surface area contributed by atoms with Crippen molar-refractivity contribution in [1.29, 1.82) is 5.26 Å². The van der Waals surface area contributed by atoms with Crippen molar-refractivity contribution >= 4 is 34.2 Å². The van der Waals surface area contributed by atoms with E-state index in [1.807, 2.05) is 33.8 Å². The third-order valence-electron chi connectivity index (χ3n) is 4.53. The molecular formula is C20H27N7O2S. The van der Waals surface area contributed by atoms with Crippen molar-refractivity contribution in [1.82, 2.24) is 19.9 Å². The molecule has 160 valence electrons. The van der Waals surface area contributed by atoms with E-state index in [0.29, 0.717) is 40.7 Å². The third-order valence-corrected chi connectivity index (χ3v) is 5.34. The van der Waals surface area contributed by atoms with E-state index >= 15 is 0 Å². The van der Waals surface area contributed by atoms with Crippen LogP contribution >= 0.6 is 11.3 Å². The molecular weight excluding hydrogens is 402 g/mol. The first-order valence-corrected chi connectivity index (χ1v) is 10.7. The van der Waals surface area contributed by atoms with Crippen molar-refractivity contribution in [2.75, 3.05) is 30.3 Å². The van der Waals surface area contributed by atoms with Crippen LogP contribution in [0.4, 0.5) is 21.6 Å². The first-order chi connectivity index (χ1) is 14.2. The van der Waals surface area contributed by atoms with E-state index in [2.05, 4.69) is 31.7 Å². The van der Waals surface area contributed by atoms with Crippen molar-refractivity contribution in [3.8, 4) is 6.07 Å². The van der Waals surface area contributed by atoms with Gasteiger partial charge in [0, 0.05) is 25.7 Å². The van der Waals surface area contributed by atoms with Crippen LogP contribution in [0.3, 0.4) is 0 Å². The van der Waals surface area contributed by atoms with Crippen molar-refractivity contribution in [2.45, 2.75) is 46.1 Å². The summed E-state index contributed by atoms with van der Waals surface area (Å²) in [6.45, 7) is 9.64. The van der Waals surface area contributed by atoms with Gasteiger partial charge < -0.3 is 20.3 Å². The number of rotatable bonds is 5. The number of anilines is 3. The van der Waals surface area contributed by atoms with Gasteiger partial charge in [-0.1, -0.05) is 11.3 Å². The zero-order valence-electron chi connectivity index (χ0n) is 17.7. The van der Waals surface area contributed by atoms with Gasteiger partial charge in [0.1, 0.15) is 34.0 Å². The lowest BCUT2D eigenvalue weighted by Crippen LogP contribution is -2.42. The Bertz CT molecular complexity index is 924. The van der Waals surface area contributed by atoms with Gasteiger partial charge in [0.15, 0.2) is 5.13 Å². The highest BCUT2D eigenvalue weighted by Crippen LogP contribution is 2.23. The maximum absolute atomic E-state index is 12.2. The van der Waals surface area contributed by atoms with Crippen LogP contribution in [0, 0.1) is 24.2 Å². The van der Waals surface area contributed by atoms with Crippen LogP contribution in [0.5, 0.6) is 0 Å². The van der Waals surface area contributed by atoms with E-state index in [9.17, 15) is 4.79 Å². The molecule has 0 saturated carbocycles. The van der Waals surface area contributed by atoms with E-state index in [0.717, 1.165) is 25.2 Å². The molecule has 0 spiro atoms. The molecule has 1 aliphatic rings. The van der Waals surface area contributed by atoms with E-state index in [-0.39, 0.29) is 6.09 Å². The van der Waals surface area contributed by atoms with Gasteiger partial charge in [0.25, 0.3) is 0 Å². The first kappa shape index (κ1) is 21.8. The number of ether oxygens (including phenoxy) is 1. The van der Waals surface area contributed by atoms with Crippen LogP contribution in [0.25, 0.3) is 0 Å². The van der Waals surface area contributed by atoms with Crippen molar-refractivity contribution < 1.29 is 9.53 Å². The smallest absolute Gasteiger partial charge is 0.410 e. The Balaban J connectivity index is 1.51. The Labute approximate surface area is 180 Å².